The van der Waals surface area contributed by atoms with E-state index in [4.69, 9.17) is 9.47 Å². The predicted octanol–water partition coefficient (Wildman–Crippen LogP) is 6.98. The van der Waals surface area contributed by atoms with Crippen molar-refractivity contribution >= 4 is 0 Å². The van der Waals surface area contributed by atoms with Crippen LogP contribution in [0.1, 0.15) is 11.1 Å². The van der Waals surface area contributed by atoms with Gasteiger partial charge < -0.3 is 9.47 Å². The van der Waals surface area contributed by atoms with Crippen LogP contribution in [0.5, 0.6) is 0 Å². The van der Waals surface area contributed by atoms with Crippen molar-refractivity contribution in [2.24, 2.45) is 0 Å². The Hall–Kier alpha value is -3.20. The molecule has 0 heterocycles. The molecule has 0 saturated carbocycles. The first-order chi connectivity index (χ1) is 14.8. The molecule has 0 saturated heterocycles. The molecule has 30 heavy (non-hydrogen) atoms. The van der Waals surface area contributed by atoms with Gasteiger partial charge in [-0.2, -0.15) is 0 Å². The second kappa shape index (κ2) is 9.53. The topological polar surface area (TPSA) is 18.5 Å². The van der Waals surface area contributed by atoms with Crippen LogP contribution in [-0.2, 0) is 22.7 Å². The van der Waals surface area contributed by atoms with Gasteiger partial charge in [-0.15, -0.1) is 0 Å². The minimum Gasteiger partial charge on any atom is -0.380 e. The molecular formula is C28H26O2. The summed E-state index contributed by atoms with van der Waals surface area (Å²) in [5.74, 6) is 0. The number of methoxy groups -OCH3 is 2. The maximum absolute atomic E-state index is 5.18. The first-order valence-corrected chi connectivity index (χ1v) is 10.1. The highest BCUT2D eigenvalue weighted by atomic mass is 16.5. The van der Waals surface area contributed by atoms with E-state index in [1.807, 2.05) is 0 Å². The van der Waals surface area contributed by atoms with Crippen molar-refractivity contribution in [2.75, 3.05) is 14.2 Å². The van der Waals surface area contributed by atoms with Crippen LogP contribution in [-0.4, -0.2) is 14.2 Å². The summed E-state index contributed by atoms with van der Waals surface area (Å²) >= 11 is 0. The molecule has 0 atom stereocenters. The number of hydrogen-bond donors (Lipinski definition) is 0. The van der Waals surface area contributed by atoms with Gasteiger partial charge in [0.15, 0.2) is 0 Å². The minimum absolute atomic E-state index is 0.645. The number of rotatable bonds is 7. The third-order valence-electron chi connectivity index (χ3n) is 5.30. The predicted molar refractivity (Wildman–Crippen MR) is 124 cm³/mol. The molecule has 0 unspecified atom stereocenters. The SMILES string of the molecule is COCc1ccc(-c2ccc(-c3ccc(-c4ccc(COC)cc4)cc3)cc2)cc1. The molecule has 0 amide bonds. The Kier molecular flexibility index (Phi) is 6.38. The van der Waals surface area contributed by atoms with Gasteiger partial charge in [0, 0.05) is 14.2 Å². The quantitative estimate of drug-likeness (QED) is 0.337. The van der Waals surface area contributed by atoms with Gasteiger partial charge >= 0.3 is 0 Å². The average Bonchev–Trinajstić information content (AvgIpc) is 2.81. The molecule has 4 rings (SSSR count). The number of benzene rings is 4. The van der Waals surface area contributed by atoms with Crippen LogP contribution >= 0.6 is 0 Å². The fourth-order valence-electron chi connectivity index (χ4n) is 3.63. The molecule has 0 N–H and O–H groups in total. The van der Waals surface area contributed by atoms with E-state index >= 15 is 0 Å². The van der Waals surface area contributed by atoms with E-state index in [1.165, 1.54) is 44.5 Å². The zero-order valence-electron chi connectivity index (χ0n) is 17.5. The second-order valence-corrected chi connectivity index (χ2v) is 7.41. The largest absolute Gasteiger partial charge is 0.380 e. The lowest BCUT2D eigenvalue weighted by Gasteiger charge is -2.08. The Morgan fingerprint density at radius 3 is 0.767 bits per heavy atom. The van der Waals surface area contributed by atoms with Gasteiger partial charge in [-0.25, -0.2) is 0 Å². The summed E-state index contributed by atoms with van der Waals surface area (Å²) in [6.07, 6.45) is 0. The Balaban J connectivity index is 1.49. The molecule has 0 radical (unpaired) electrons. The lowest BCUT2D eigenvalue weighted by Crippen LogP contribution is -1.87. The first-order valence-electron chi connectivity index (χ1n) is 10.1. The summed E-state index contributed by atoms with van der Waals surface area (Å²) in [5, 5.41) is 0. The summed E-state index contributed by atoms with van der Waals surface area (Å²) in [7, 11) is 3.44. The van der Waals surface area contributed by atoms with Crippen LogP contribution in [0.4, 0.5) is 0 Å². The summed E-state index contributed by atoms with van der Waals surface area (Å²) in [6, 6.07) is 34.6. The first kappa shape index (κ1) is 20.1. The van der Waals surface area contributed by atoms with Crippen molar-refractivity contribution in [2.45, 2.75) is 13.2 Å². The highest BCUT2D eigenvalue weighted by molar-refractivity contribution is 5.73. The smallest absolute Gasteiger partial charge is 0.0713 e. The summed E-state index contributed by atoms with van der Waals surface area (Å²) < 4.78 is 10.4. The van der Waals surface area contributed by atoms with E-state index in [9.17, 15) is 0 Å². The van der Waals surface area contributed by atoms with Crippen molar-refractivity contribution in [1.82, 2.24) is 0 Å². The third-order valence-corrected chi connectivity index (χ3v) is 5.30. The van der Waals surface area contributed by atoms with Crippen LogP contribution in [0.15, 0.2) is 97.1 Å². The number of hydrogen-bond acceptors (Lipinski definition) is 2. The van der Waals surface area contributed by atoms with Crippen molar-refractivity contribution < 1.29 is 9.47 Å². The normalized spacial score (nSPS) is 10.9. The molecule has 0 spiro atoms. The molecule has 0 aromatic heterocycles. The van der Waals surface area contributed by atoms with Gasteiger partial charge in [-0.1, -0.05) is 97.1 Å². The molecule has 4 aromatic carbocycles. The molecule has 4 aromatic rings. The van der Waals surface area contributed by atoms with Gasteiger partial charge in [-0.3, -0.25) is 0 Å². The van der Waals surface area contributed by atoms with Crippen LogP contribution in [0.3, 0.4) is 0 Å². The Labute approximate surface area is 178 Å². The maximum atomic E-state index is 5.18. The Bertz CT molecular complexity index is 971. The molecule has 2 heteroatoms. The van der Waals surface area contributed by atoms with Crippen LogP contribution in [0.2, 0.25) is 0 Å². The van der Waals surface area contributed by atoms with E-state index in [0.717, 1.165) is 0 Å². The standard InChI is InChI=1S/C28H26O2/c1-29-19-21-3-7-23(8-4-21)25-11-15-27(16-12-25)28-17-13-26(14-18-28)24-9-5-22(6-10-24)20-30-2/h3-18H,19-20H2,1-2H3. The average molecular weight is 395 g/mol. The van der Waals surface area contributed by atoms with E-state index < -0.39 is 0 Å². The van der Waals surface area contributed by atoms with E-state index in [1.54, 1.807) is 14.2 Å². The van der Waals surface area contributed by atoms with Crippen LogP contribution in [0, 0.1) is 0 Å². The number of ether oxygens (including phenoxy) is 2. The third kappa shape index (κ3) is 4.68. The van der Waals surface area contributed by atoms with Gasteiger partial charge in [0.1, 0.15) is 0 Å². The minimum atomic E-state index is 0.645. The zero-order valence-corrected chi connectivity index (χ0v) is 17.5. The highest BCUT2D eigenvalue weighted by Gasteiger charge is 2.03. The van der Waals surface area contributed by atoms with Crippen molar-refractivity contribution in [3.63, 3.8) is 0 Å². The van der Waals surface area contributed by atoms with Crippen molar-refractivity contribution in [1.29, 1.82) is 0 Å². The van der Waals surface area contributed by atoms with Crippen molar-refractivity contribution in [3.8, 4) is 33.4 Å². The Morgan fingerprint density at radius 1 is 0.367 bits per heavy atom. The molecule has 0 aliphatic carbocycles. The van der Waals surface area contributed by atoms with Crippen molar-refractivity contribution in [3.05, 3.63) is 108 Å². The maximum Gasteiger partial charge on any atom is 0.0713 e. The summed E-state index contributed by atoms with van der Waals surface area (Å²) in [5.41, 5.74) is 9.68. The molecule has 0 fully saturated rings. The molecular weight excluding hydrogens is 368 g/mol. The van der Waals surface area contributed by atoms with Crippen LogP contribution < -0.4 is 0 Å². The summed E-state index contributed by atoms with van der Waals surface area (Å²) in [6.45, 7) is 1.29. The fourth-order valence-corrected chi connectivity index (χ4v) is 3.63. The van der Waals surface area contributed by atoms with E-state index in [0.29, 0.717) is 13.2 Å². The van der Waals surface area contributed by atoms with Crippen LogP contribution in [0.25, 0.3) is 33.4 Å². The van der Waals surface area contributed by atoms with E-state index in [2.05, 4.69) is 97.1 Å². The highest BCUT2D eigenvalue weighted by Crippen LogP contribution is 2.28. The lowest BCUT2D eigenvalue weighted by atomic mass is 9.97. The molecule has 0 aliphatic heterocycles. The zero-order chi connectivity index (χ0) is 20.8. The molecule has 0 aliphatic rings. The lowest BCUT2D eigenvalue weighted by molar-refractivity contribution is 0.185. The van der Waals surface area contributed by atoms with E-state index in [-0.39, 0.29) is 0 Å². The summed E-state index contributed by atoms with van der Waals surface area (Å²) in [4.78, 5) is 0. The van der Waals surface area contributed by atoms with Gasteiger partial charge in [0.25, 0.3) is 0 Å². The second-order valence-electron chi connectivity index (χ2n) is 7.41. The Morgan fingerprint density at radius 2 is 0.567 bits per heavy atom. The molecule has 150 valence electrons. The monoisotopic (exact) mass is 394 g/mol. The molecule has 0 bridgehead atoms. The fraction of sp³-hybridized carbons (Fsp3) is 0.143. The van der Waals surface area contributed by atoms with Gasteiger partial charge in [-0.05, 0) is 44.5 Å². The molecule has 2 nitrogen and oxygen atoms in total. The van der Waals surface area contributed by atoms with Gasteiger partial charge in [0.05, 0.1) is 13.2 Å². The van der Waals surface area contributed by atoms with Gasteiger partial charge in [0.2, 0.25) is 0 Å².